The third kappa shape index (κ3) is 13.5. The minimum Gasteiger partial charge on any atom is -0.295 e. The third-order valence-corrected chi connectivity index (χ3v) is 41.2. The van der Waals surface area contributed by atoms with Crippen molar-refractivity contribution < 1.29 is 0 Å². The molecule has 3 heterocycles. The van der Waals surface area contributed by atoms with Crippen molar-refractivity contribution in [2.75, 3.05) is 0 Å². The highest BCUT2D eigenvalue weighted by atomic mass is 15.3. The van der Waals surface area contributed by atoms with Crippen molar-refractivity contribution in [3.05, 3.63) is 0 Å². The largest absolute Gasteiger partial charge is 0.295 e. The van der Waals surface area contributed by atoms with Gasteiger partial charge in [0.15, 0.2) is 6.71 Å². The van der Waals surface area contributed by atoms with E-state index in [4.69, 9.17) is 0 Å². The molecule has 19 aliphatic rings. The van der Waals surface area contributed by atoms with Gasteiger partial charge in [0.2, 0.25) is 0 Å². The first kappa shape index (κ1) is 74.1. The monoisotopic (exact) mass is 1420 g/mol. The molecule has 0 amide bonds. The first-order valence-electron chi connectivity index (χ1n) is 49.8. The Balaban J connectivity index is 0.788. The number of rotatable bonds is 9. The van der Waals surface area contributed by atoms with Gasteiger partial charge < -0.3 is 0 Å². The van der Waals surface area contributed by atoms with Crippen LogP contribution in [-0.4, -0.2) is 75.8 Å². The molecule has 3 aliphatic heterocycles. The lowest BCUT2D eigenvalue weighted by Crippen LogP contribution is -2.77. The van der Waals surface area contributed by atoms with Gasteiger partial charge in [0.25, 0.3) is 0 Å². The molecule has 0 aromatic heterocycles. The fraction of sp³-hybridized carbons (Fsp3) is 1.00. The summed E-state index contributed by atoms with van der Waals surface area (Å²) in [5.74, 6) is 25.5. The van der Waals surface area contributed by atoms with Crippen LogP contribution in [0.4, 0.5) is 0 Å². The lowest BCUT2D eigenvalue weighted by molar-refractivity contribution is -0.158. The zero-order valence-electron chi connectivity index (χ0n) is 70.1. The highest BCUT2D eigenvalue weighted by Crippen LogP contribution is 2.72. The van der Waals surface area contributed by atoms with Crippen LogP contribution in [0.25, 0.3) is 0 Å². The van der Waals surface area contributed by atoms with Gasteiger partial charge in [-0.05, 0) is 324 Å². The maximum Gasteiger partial charge on any atom is 0.156 e. The lowest BCUT2D eigenvalue weighted by Gasteiger charge is -2.72. The van der Waals surface area contributed by atoms with Crippen molar-refractivity contribution in [2.45, 2.75) is 474 Å². The Morgan fingerprint density at radius 3 is 1.08 bits per heavy atom. The molecule has 0 radical (unpaired) electrons. The number of hydrogen-bond acceptors (Lipinski definition) is 3. The van der Waals surface area contributed by atoms with E-state index in [1.807, 2.05) is 0 Å². The van der Waals surface area contributed by atoms with Crippen LogP contribution >= 0.6 is 0 Å². The van der Waals surface area contributed by atoms with Gasteiger partial charge in [0.05, 0.1) is 0 Å². The Bertz CT molecular complexity index is 2730. The van der Waals surface area contributed by atoms with Crippen molar-refractivity contribution >= 4 is 6.71 Å². The maximum atomic E-state index is 4.04. The van der Waals surface area contributed by atoms with E-state index in [-0.39, 0.29) is 0 Å². The lowest BCUT2D eigenvalue weighted by atomic mass is 9.18. The minimum atomic E-state index is 0.434. The van der Waals surface area contributed by atoms with Crippen LogP contribution < -0.4 is 0 Å². The van der Waals surface area contributed by atoms with E-state index >= 15 is 0 Å². The van der Waals surface area contributed by atoms with Crippen LogP contribution in [0.5, 0.6) is 0 Å². The van der Waals surface area contributed by atoms with Crippen molar-refractivity contribution in [3.8, 4) is 0 Å². The predicted molar refractivity (Wildman–Crippen MR) is 440 cm³/mol. The summed E-state index contributed by atoms with van der Waals surface area (Å²) in [5, 5.41) is 0. The van der Waals surface area contributed by atoms with E-state index in [0.29, 0.717) is 16.2 Å². The van der Waals surface area contributed by atoms with E-state index in [0.717, 1.165) is 215 Å². The molecular weight excluding hydrogens is 1250 g/mol. The number of likely N-dealkylation sites (tertiary alicyclic amines) is 1. The van der Waals surface area contributed by atoms with E-state index in [2.05, 4.69) is 77.0 Å². The molecule has 27 atom stereocenters. The third-order valence-electron chi connectivity index (χ3n) is 41.2. The van der Waals surface area contributed by atoms with Crippen molar-refractivity contribution in [2.24, 2.45) is 152 Å². The first-order valence-corrected chi connectivity index (χ1v) is 49.8. The second-order valence-corrected chi connectivity index (χ2v) is 48.1. The van der Waals surface area contributed by atoms with Gasteiger partial charge in [-0.1, -0.05) is 249 Å². The molecule has 4 heteroatoms. The second kappa shape index (κ2) is 30.3. The number of hydrogen-bond donors (Lipinski definition) is 0. The Morgan fingerprint density at radius 2 is 0.596 bits per heavy atom. The minimum absolute atomic E-state index is 0.434. The van der Waals surface area contributed by atoms with Crippen molar-refractivity contribution in [1.29, 1.82) is 0 Å². The summed E-state index contributed by atoms with van der Waals surface area (Å²) in [6.07, 6.45) is 83.7. The standard InChI is InChI=1S/C100H168BN3/c1-98(2,3)73-49-46-63(47-50-73)71-59-91-95-92(60-71)104(97-79(66-32-18-12-19-33-66)40-27-41-80(97)67-34-20-13-21-35-67)90-62-76(102-87-42-24-22-36-81(87)82-37-23-25-43-88(82)102)51-53-86(90)101(95)85-52-48-68(58-89(85)103(91)96-77(64-28-14-10-15-29-64)38-26-39-78(96)65-30-16-11-17-31-65)83-57-72-56-74(99(4,5)6)54-69-44-45-70-55-75(100(7,8)9)61-84(83)94(70)93(69)72/h63-97H,10-62H2,1-9H3. The van der Waals surface area contributed by atoms with Gasteiger partial charge in [-0.2, -0.15) is 0 Å². The Morgan fingerprint density at radius 1 is 0.212 bits per heavy atom. The molecule has 3 saturated heterocycles. The molecule has 0 spiro atoms. The molecule has 586 valence electrons. The van der Waals surface area contributed by atoms with Gasteiger partial charge in [-0.3, -0.25) is 14.7 Å². The molecule has 0 bridgehead atoms. The van der Waals surface area contributed by atoms with Gasteiger partial charge >= 0.3 is 0 Å². The molecule has 16 saturated carbocycles. The molecule has 0 aromatic rings. The van der Waals surface area contributed by atoms with Crippen molar-refractivity contribution in [1.82, 2.24) is 14.7 Å². The maximum absolute atomic E-state index is 4.04. The van der Waals surface area contributed by atoms with Crippen molar-refractivity contribution in [3.63, 3.8) is 0 Å². The van der Waals surface area contributed by atoms with E-state index in [9.17, 15) is 0 Å². The highest BCUT2D eigenvalue weighted by Gasteiger charge is 2.70. The molecule has 19 fully saturated rings. The molecule has 3 nitrogen and oxygen atoms in total. The smallest absolute Gasteiger partial charge is 0.156 e. The summed E-state index contributed by atoms with van der Waals surface area (Å²) in [5.41, 5.74) is 1.33. The number of nitrogens with zero attached hydrogens (tertiary/aromatic N) is 3. The van der Waals surface area contributed by atoms with E-state index in [1.165, 1.54) is 51.4 Å². The zero-order chi connectivity index (χ0) is 70.5. The van der Waals surface area contributed by atoms with Crippen LogP contribution in [0, 0.1) is 152 Å². The zero-order valence-corrected chi connectivity index (χ0v) is 70.1. The molecule has 104 heavy (non-hydrogen) atoms. The van der Waals surface area contributed by atoms with Crippen LogP contribution in [-0.2, 0) is 0 Å². The molecule has 0 N–H and O–H groups in total. The van der Waals surface area contributed by atoms with E-state index < -0.39 is 0 Å². The molecule has 19 rings (SSSR count). The molecule has 16 aliphatic carbocycles. The fourth-order valence-corrected chi connectivity index (χ4v) is 37.1. The molecule has 27 unspecified atom stereocenters. The average Bonchev–Trinajstić information content (AvgIpc) is 0.875. The van der Waals surface area contributed by atoms with Gasteiger partial charge in [-0.15, -0.1) is 0 Å². The van der Waals surface area contributed by atoms with Crippen LogP contribution in [0.1, 0.15) is 403 Å². The summed E-state index contributed by atoms with van der Waals surface area (Å²) >= 11 is 0. The fourth-order valence-electron chi connectivity index (χ4n) is 37.1. The van der Waals surface area contributed by atoms with E-state index in [1.54, 1.807) is 289 Å². The Hall–Kier alpha value is -0.0551. The van der Waals surface area contributed by atoms with Gasteiger partial charge in [-0.25, -0.2) is 0 Å². The number of fused-ring (bicyclic) bond motifs is 7. The van der Waals surface area contributed by atoms with Gasteiger partial charge in [0, 0.05) is 54.4 Å². The summed E-state index contributed by atoms with van der Waals surface area (Å²) in [6, 6.07) is 7.81. The molecular formula is C100H168BN3. The predicted octanol–water partition coefficient (Wildman–Crippen LogP) is 27.1. The second-order valence-electron chi connectivity index (χ2n) is 48.1. The quantitative estimate of drug-likeness (QED) is 0.213. The Kier molecular flexibility index (Phi) is 21.6. The normalized spacial score (nSPS) is 50.0. The summed E-state index contributed by atoms with van der Waals surface area (Å²) in [7, 11) is 0. The van der Waals surface area contributed by atoms with Gasteiger partial charge in [0.1, 0.15) is 0 Å². The summed E-state index contributed by atoms with van der Waals surface area (Å²) in [6.45, 7) is 25.2. The topological polar surface area (TPSA) is 9.72 Å². The van der Waals surface area contributed by atoms with Crippen LogP contribution in [0.3, 0.4) is 0 Å². The summed E-state index contributed by atoms with van der Waals surface area (Å²) < 4.78 is 0. The summed E-state index contributed by atoms with van der Waals surface area (Å²) in [4.78, 5) is 11.6. The first-order chi connectivity index (χ1) is 50.5. The highest BCUT2D eigenvalue weighted by molar-refractivity contribution is 6.65. The SMILES string of the molecule is CC(C)(C)C1CCC(C2CC3C4B(C5CCC(C6CC7CC(C(C)(C)C)CC8CCC9CC(C(C)(C)C)CC6C9C87)CC5N3C3C(C5CCCCC5)CCCC3C3CCCCC3)C3CCC(N5C6CCCCC6C6CCCCC65)CC3N(C3C(C5CCCCC5)CCCC3C3CCCCC3)C4C2)CC1. The Labute approximate surface area is 644 Å². The average molecular weight is 1420 g/mol. The van der Waals surface area contributed by atoms with Crippen LogP contribution in [0.2, 0.25) is 17.5 Å². The molecule has 0 aromatic carbocycles. The van der Waals surface area contributed by atoms with Crippen LogP contribution in [0.15, 0.2) is 0 Å².